The number of rotatable bonds is 6. The number of ketones is 1. The van der Waals surface area contributed by atoms with Crippen LogP contribution >= 0.6 is 23.1 Å². The van der Waals surface area contributed by atoms with Crippen LogP contribution in [0.2, 0.25) is 0 Å². The molecular formula is C17H21N3O2S2. The van der Waals surface area contributed by atoms with Crippen molar-refractivity contribution in [2.45, 2.75) is 51.6 Å². The number of thiophene rings is 1. The van der Waals surface area contributed by atoms with Gasteiger partial charge >= 0.3 is 0 Å². The molecule has 1 atom stereocenters. The topological polar surface area (TPSA) is 72.0 Å². The normalized spacial score (nSPS) is 12.0. The molecule has 1 N–H and O–H groups in total. The maximum absolute atomic E-state index is 12.6. The molecule has 1 amide bonds. The lowest BCUT2D eigenvalue weighted by molar-refractivity contribution is -0.119. The van der Waals surface area contributed by atoms with Crippen molar-refractivity contribution < 1.29 is 9.59 Å². The van der Waals surface area contributed by atoms with Gasteiger partial charge in [0, 0.05) is 23.2 Å². The second kappa shape index (κ2) is 7.90. The number of hydrogen-bond donors (Lipinski definition) is 1. The van der Waals surface area contributed by atoms with Gasteiger partial charge in [0.1, 0.15) is 0 Å². The average molecular weight is 364 g/mol. The van der Waals surface area contributed by atoms with E-state index in [4.69, 9.17) is 0 Å². The fourth-order valence-corrected chi connectivity index (χ4v) is 4.00. The number of nitrogens with one attached hydrogen (secondary N) is 1. The van der Waals surface area contributed by atoms with E-state index < -0.39 is 0 Å². The van der Waals surface area contributed by atoms with Gasteiger partial charge in [0.25, 0.3) is 0 Å². The standard InChI is InChI=1S/C17H21N3O2S2/c1-9-10(2)19-17(20-11(9)3)23-12(4)16(22)15-7-6-14(24-15)8-18-13(5)21/h6-7,12H,8H2,1-5H3,(H,18,21)/t12-/m0/s1. The van der Waals surface area contributed by atoms with Crippen molar-refractivity contribution in [3.63, 3.8) is 0 Å². The van der Waals surface area contributed by atoms with Crippen LogP contribution in [0.4, 0.5) is 0 Å². The molecule has 0 bridgehead atoms. The van der Waals surface area contributed by atoms with Crippen molar-refractivity contribution in [2.75, 3.05) is 0 Å². The lowest BCUT2D eigenvalue weighted by Crippen LogP contribution is -2.18. The lowest BCUT2D eigenvalue weighted by atomic mass is 10.2. The smallest absolute Gasteiger partial charge is 0.217 e. The van der Waals surface area contributed by atoms with Crippen LogP contribution < -0.4 is 5.32 Å². The highest BCUT2D eigenvalue weighted by Crippen LogP contribution is 2.27. The maximum Gasteiger partial charge on any atom is 0.217 e. The summed E-state index contributed by atoms with van der Waals surface area (Å²) in [4.78, 5) is 34.1. The van der Waals surface area contributed by atoms with Gasteiger partial charge in [0.05, 0.1) is 16.7 Å². The number of Topliss-reactive ketones (excluding diaryl/α,β-unsaturated/α-hetero) is 1. The van der Waals surface area contributed by atoms with E-state index in [-0.39, 0.29) is 16.9 Å². The Bertz CT molecular complexity index is 748. The van der Waals surface area contributed by atoms with Crippen LogP contribution in [0.1, 0.15) is 45.3 Å². The van der Waals surface area contributed by atoms with Crippen molar-refractivity contribution in [1.29, 1.82) is 0 Å². The molecule has 5 nitrogen and oxygen atoms in total. The Morgan fingerprint density at radius 1 is 1.21 bits per heavy atom. The minimum Gasteiger partial charge on any atom is -0.351 e. The number of amides is 1. The van der Waals surface area contributed by atoms with Gasteiger partial charge in [-0.15, -0.1) is 11.3 Å². The first kappa shape index (κ1) is 18.6. The predicted octanol–water partition coefficient (Wildman–Crippen LogP) is 3.46. The van der Waals surface area contributed by atoms with Crippen molar-refractivity contribution >= 4 is 34.8 Å². The van der Waals surface area contributed by atoms with Crippen molar-refractivity contribution in [3.05, 3.63) is 38.8 Å². The molecule has 0 saturated carbocycles. The van der Waals surface area contributed by atoms with Crippen molar-refractivity contribution in [3.8, 4) is 0 Å². The van der Waals surface area contributed by atoms with Crippen LogP contribution in [0.25, 0.3) is 0 Å². The summed E-state index contributed by atoms with van der Waals surface area (Å²) in [5.41, 5.74) is 2.97. The van der Waals surface area contributed by atoms with Crippen LogP contribution in [0, 0.1) is 20.8 Å². The second-order valence-electron chi connectivity index (χ2n) is 5.60. The Morgan fingerprint density at radius 2 is 1.83 bits per heavy atom. The zero-order valence-corrected chi connectivity index (χ0v) is 16.1. The van der Waals surface area contributed by atoms with E-state index in [1.54, 1.807) is 0 Å². The quantitative estimate of drug-likeness (QED) is 0.483. The first-order valence-electron chi connectivity index (χ1n) is 7.63. The molecule has 0 unspecified atom stereocenters. The highest BCUT2D eigenvalue weighted by Gasteiger charge is 2.20. The van der Waals surface area contributed by atoms with Gasteiger partial charge in [-0.2, -0.15) is 0 Å². The minimum atomic E-state index is -0.265. The molecule has 128 valence electrons. The van der Waals surface area contributed by atoms with Crippen LogP contribution in [0.5, 0.6) is 0 Å². The van der Waals surface area contributed by atoms with Gasteiger partial charge in [-0.1, -0.05) is 11.8 Å². The molecule has 2 aromatic rings. The number of thioether (sulfide) groups is 1. The SMILES string of the molecule is CC(=O)NCc1ccc(C(=O)[C@H](C)Sc2nc(C)c(C)c(C)n2)s1. The third-order valence-electron chi connectivity index (χ3n) is 3.68. The Morgan fingerprint density at radius 3 is 2.42 bits per heavy atom. The van der Waals surface area contributed by atoms with Gasteiger partial charge in [0.15, 0.2) is 10.9 Å². The van der Waals surface area contributed by atoms with Crippen molar-refractivity contribution in [2.24, 2.45) is 0 Å². The molecule has 0 spiro atoms. The zero-order valence-electron chi connectivity index (χ0n) is 14.5. The van der Waals surface area contributed by atoms with Gasteiger partial charge in [-0.05, 0) is 45.4 Å². The molecule has 0 aromatic carbocycles. The number of nitrogens with zero attached hydrogens (tertiary/aromatic N) is 2. The largest absolute Gasteiger partial charge is 0.351 e. The summed E-state index contributed by atoms with van der Waals surface area (Å²) in [5.74, 6) is -0.0268. The molecule has 0 radical (unpaired) electrons. The fourth-order valence-electron chi connectivity index (χ4n) is 2.02. The summed E-state index contributed by atoms with van der Waals surface area (Å²) in [7, 11) is 0. The molecule has 2 rings (SSSR count). The molecule has 2 aromatic heterocycles. The Hall–Kier alpha value is -1.73. The van der Waals surface area contributed by atoms with E-state index in [0.717, 1.165) is 21.8 Å². The highest BCUT2D eigenvalue weighted by atomic mass is 32.2. The first-order valence-corrected chi connectivity index (χ1v) is 9.33. The minimum absolute atomic E-state index is 0.0542. The molecule has 0 fully saturated rings. The van der Waals surface area contributed by atoms with Gasteiger partial charge in [-0.3, -0.25) is 9.59 Å². The van der Waals surface area contributed by atoms with Gasteiger partial charge in [-0.25, -0.2) is 9.97 Å². The van der Waals surface area contributed by atoms with E-state index >= 15 is 0 Å². The fraction of sp³-hybridized carbons (Fsp3) is 0.412. The summed E-state index contributed by atoms with van der Waals surface area (Å²) >= 11 is 2.79. The maximum atomic E-state index is 12.6. The molecule has 7 heteroatoms. The number of carbonyl (C=O) groups is 2. The molecular weight excluding hydrogens is 342 g/mol. The molecule has 24 heavy (non-hydrogen) atoms. The summed E-state index contributed by atoms with van der Waals surface area (Å²) in [6.45, 7) is 9.70. The van der Waals surface area contributed by atoms with Crippen LogP contribution in [0.15, 0.2) is 17.3 Å². The van der Waals surface area contributed by atoms with E-state index in [0.29, 0.717) is 16.6 Å². The molecule has 0 aliphatic rings. The highest BCUT2D eigenvalue weighted by molar-refractivity contribution is 8.00. The van der Waals surface area contributed by atoms with E-state index in [1.165, 1.54) is 30.0 Å². The predicted molar refractivity (Wildman–Crippen MR) is 97.7 cm³/mol. The number of carbonyl (C=O) groups excluding carboxylic acids is 2. The summed E-state index contributed by atoms with van der Waals surface area (Å²) in [5, 5.41) is 3.10. The molecule has 2 heterocycles. The third kappa shape index (κ3) is 4.64. The number of aryl methyl sites for hydroxylation is 2. The first-order chi connectivity index (χ1) is 11.3. The van der Waals surface area contributed by atoms with Gasteiger partial charge < -0.3 is 5.32 Å². The summed E-state index contributed by atoms with van der Waals surface area (Å²) in [6, 6.07) is 3.69. The summed E-state index contributed by atoms with van der Waals surface area (Å²) in [6.07, 6.45) is 0. The number of aromatic nitrogens is 2. The number of hydrogen-bond acceptors (Lipinski definition) is 6. The van der Waals surface area contributed by atoms with Crippen LogP contribution in [-0.4, -0.2) is 26.9 Å². The monoisotopic (exact) mass is 363 g/mol. The third-order valence-corrected chi connectivity index (χ3v) is 5.74. The molecule has 0 aliphatic carbocycles. The van der Waals surface area contributed by atoms with Crippen molar-refractivity contribution in [1.82, 2.24) is 15.3 Å². The Kier molecular flexibility index (Phi) is 6.12. The summed E-state index contributed by atoms with van der Waals surface area (Å²) < 4.78 is 0. The van der Waals surface area contributed by atoms with Crippen LogP contribution in [0.3, 0.4) is 0 Å². The zero-order chi connectivity index (χ0) is 17.9. The average Bonchev–Trinajstić information content (AvgIpc) is 2.98. The van der Waals surface area contributed by atoms with Gasteiger partial charge in [0.2, 0.25) is 5.91 Å². The molecule has 0 saturated heterocycles. The van der Waals surface area contributed by atoms with Crippen LogP contribution in [-0.2, 0) is 11.3 Å². The molecule has 0 aliphatic heterocycles. The van der Waals surface area contributed by atoms with E-state index in [9.17, 15) is 9.59 Å². The lowest BCUT2D eigenvalue weighted by Gasteiger charge is -2.10. The Labute approximate surface area is 150 Å². The Balaban J connectivity index is 2.05. The second-order valence-corrected chi connectivity index (χ2v) is 8.08. The van der Waals surface area contributed by atoms with E-state index in [1.807, 2.05) is 39.8 Å². The van der Waals surface area contributed by atoms with E-state index in [2.05, 4.69) is 15.3 Å².